The highest BCUT2D eigenvalue weighted by atomic mass is 32.1. The van der Waals surface area contributed by atoms with Gasteiger partial charge in [-0.05, 0) is 21.0 Å². The lowest BCUT2D eigenvalue weighted by Gasteiger charge is -1.68. The molecule has 0 bridgehead atoms. The van der Waals surface area contributed by atoms with Crippen molar-refractivity contribution in [2.24, 2.45) is 0 Å². The molecular formula is C7H12N2OS. The number of hydrogen-bond acceptors (Lipinski definition) is 4. The fourth-order valence-electron chi connectivity index (χ4n) is 0.427. The van der Waals surface area contributed by atoms with Gasteiger partial charge in [0, 0.05) is 11.1 Å². The van der Waals surface area contributed by atoms with Gasteiger partial charge < -0.3 is 5.32 Å². The Kier molecular flexibility index (Phi) is 5.60. The van der Waals surface area contributed by atoms with E-state index in [1.54, 1.807) is 6.20 Å². The maximum Gasteiger partial charge on any atom is 0.178 e. The van der Waals surface area contributed by atoms with Crippen molar-refractivity contribution in [3.8, 4) is 0 Å². The molecule has 3 nitrogen and oxygen atoms in total. The second kappa shape index (κ2) is 6.00. The molecule has 0 aliphatic heterocycles. The number of carbonyl (C=O) groups excluding carboxylic acids is 1. The predicted octanol–water partition coefficient (Wildman–Crippen LogP) is 1.10. The third-order valence-electron chi connectivity index (χ3n) is 0.740. The zero-order valence-corrected chi connectivity index (χ0v) is 7.73. The summed E-state index contributed by atoms with van der Waals surface area (Å²) in [7, 11) is 3.75. The molecule has 62 valence electrons. The fraction of sp³-hybridized carbons (Fsp3) is 0.429. The summed E-state index contributed by atoms with van der Waals surface area (Å²) in [5.74, 6) is 0. The lowest BCUT2D eigenvalue weighted by Crippen LogP contribution is -1.89. The quantitative estimate of drug-likeness (QED) is 0.645. The molecule has 0 saturated carbocycles. The van der Waals surface area contributed by atoms with Crippen LogP contribution in [0.25, 0.3) is 0 Å². The fourth-order valence-corrected chi connectivity index (χ4v) is 1.02. The van der Waals surface area contributed by atoms with Crippen LogP contribution in [0.2, 0.25) is 0 Å². The second-order valence-electron chi connectivity index (χ2n) is 1.93. The first kappa shape index (κ1) is 10.3. The number of nitrogens with one attached hydrogen (secondary N) is 1. The summed E-state index contributed by atoms with van der Waals surface area (Å²) in [6, 6.07) is 0. The maximum atomic E-state index is 9.97. The Morgan fingerprint density at radius 1 is 1.64 bits per heavy atom. The standard InChI is InChI=1S/C5H5NOS.C2H7N/c1-4-2-6-5(3-7)8-4;1-3-2/h2-3H,1H3;3H,1-2H3. The summed E-state index contributed by atoms with van der Waals surface area (Å²) < 4.78 is 0. The number of nitrogens with zero attached hydrogens (tertiary/aromatic N) is 1. The number of hydrogen-bond donors (Lipinski definition) is 1. The van der Waals surface area contributed by atoms with Crippen LogP contribution in [0.5, 0.6) is 0 Å². The Morgan fingerprint density at radius 2 is 2.18 bits per heavy atom. The molecule has 1 rings (SSSR count). The van der Waals surface area contributed by atoms with Crippen LogP contribution in [-0.2, 0) is 0 Å². The molecule has 0 fully saturated rings. The Labute approximate surface area is 70.5 Å². The average molecular weight is 172 g/mol. The van der Waals surface area contributed by atoms with E-state index in [-0.39, 0.29) is 0 Å². The Balaban J connectivity index is 0.000000292. The first-order valence-corrected chi connectivity index (χ1v) is 4.02. The smallest absolute Gasteiger partial charge is 0.178 e. The molecule has 11 heavy (non-hydrogen) atoms. The van der Waals surface area contributed by atoms with Gasteiger partial charge in [-0.2, -0.15) is 0 Å². The van der Waals surface area contributed by atoms with Crippen molar-refractivity contribution in [2.75, 3.05) is 14.1 Å². The number of carbonyl (C=O) groups is 1. The monoisotopic (exact) mass is 172 g/mol. The van der Waals surface area contributed by atoms with Gasteiger partial charge in [0.05, 0.1) is 0 Å². The van der Waals surface area contributed by atoms with Gasteiger partial charge in [-0.3, -0.25) is 4.79 Å². The SMILES string of the molecule is CNC.Cc1cnc(C=O)s1. The van der Waals surface area contributed by atoms with Gasteiger partial charge in [-0.1, -0.05) is 0 Å². The Morgan fingerprint density at radius 3 is 2.36 bits per heavy atom. The van der Waals surface area contributed by atoms with Gasteiger partial charge in [-0.25, -0.2) is 4.98 Å². The van der Waals surface area contributed by atoms with E-state index >= 15 is 0 Å². The second-order valence-corrected chi connectivity index (χ2v) is 3.19. The van der Waals surface area contributed by atoms with E-state index in [0.717, 1.165) is 11.2 Å². The van der Waals surface area contributed by atoms with Crippen molar-refractivity contribution >= 4 is 17.6 Å². The lowest BCUT2D eigenvalue weighted by atomic mass is 10.6. The van der Waals surface area contributed by atoms with Crippen LogP contribution in [0.3, 0.4) is 0 Å². The van der Waals surface area contributed by atoms with Crippen molar-refractivity contribution in [3.63, 3.8) is 0 Å². The first-order valence-electron chi connectivity index (χ1n) is 3.20. The Hall–Kier alpha value is -0.740. The van der Waals surface area contributed by atoms with Crippen molar-refractivity contribution in [2.45, 2.75) is 6.92 Å². The minimum absolute atomic E-state index is 0.558. The number of aryl methyl sites for hydroxylation is 1. The molecule has 0 amide bonds. The van der Waals surface area contributed by atoms with Gasteiger partial charge in [0.15, 0.2) is 11.3 Å². The Bertz CT molecular complexity index is 210. The van der Waals surface area contributed by atoms with E-state index in [2.05, 4.69) is 10.3 Å². The molecule has 1 aromatic heterocycles. The summed E-state index contributed by atoms with van der Waals surface area (Å²) in [5, 5.41) is 3.31. The molecule has 0 saturated heterocycles. The molecule has 0 aliphatic rings. The minimum atomic E-state index is 0.558. The normalized spacial score (nSPS) is 8.27. The van der Waals surface area contributed by atoms with Gasteiger partial charge in [0.2, 0.25) is 0 Å². The third-order valence-corrected chi connectivity index (χ3v) is 1.58. The van der Waals surface area contributed by atoms with Gasteiger partial charge in [-0.15, -0.1) is 11.3 Å². The number of rotatable bonds is 1. The number of aromatic nitrogens is 1. The average Bonchev–Trinajstić information content (AvgIpc) is 2.37. The molecule has 0 atom stereocenters. The van der Waals surface area contributed by atoms with Crippen LogP contribution in [0, 0.1) is 6.92 Å². The third kappa shape index (κ3) is 4.64. The van der Waals surface area contributed by atoms with E-state index in [4.69, 9.17) is 0 Å². The molecule has 0 aromatic carbocycles. The van der Waals surface area contributed by atoms with Crippen LogP contribution in [-0.4, -0.2) is 25.4 Å². The van der Waals surface area contributed by atoms with Gasteiger partial charge >= 0.3 is 0 Å². The van der Waals surface area contributed by atoms with Crippen LogP contribution in [0.15, 0.2) is 6.20 Å². The highest BCUT2D eigenvalue weighted by Gasteiger charge is 1.91. The van der Waals surface area contributed by atoms with E-state index in [1.165, 1.54) is 11.3 Å². The summed E-state index contributed by atoms with van der Waals surface area (Å²) in [6.45, 7) is 1.92. The molecule has 1 N–H and O–H groups in total. The minimum Gasteiger partial charge on any atom is -0.323 e. The lowest BCUT2D eigenvalue weighted by molar-refractivity contribution is 0.112. The van der Waals surface area contributed by atoms with E-state index in [1.807, 2.05) is 21.0 Å². The van der Waals surface area contributed by atoms with Gasteiger partial charge in [0.1, 0.15) is 0 Å². The van der Waals surface area contributed by atoms with E-state index in [0.29, 0.717) is 5.01 Å². The largest absolute Gasteiger partial charge is 0.323 e. The van der Waals surface area contributed by atoms with Crippen molar-refractivity contribution in [1.82, 2.24) is 10.3 Å². The molecule has 0 unspecified atom stereocenters. The highest BCUT2D eigenvalue weighted by molar-refractivity contribution is 7.13. The molecule has 0 spiro atoms. The summed E-state index contributed by atoms with van der Waals surface area (Å²) in [6.07, 6.45) is 2.45. The molecule has 1 heterocycles. The van der Waals surface area contributed by atoms with Crippen LogP contribution < -0.4 is 5.32 Å². The summed E-state index contributed by atoms with van der Waals surface area (Å²) in [5.41, 5.74) is 0. The zero-order chi connectivity index (χ0) is 8.69. The van der Waals surface area contributed by atoms with Crippen molar-refractivity contribution < 1.29 is 4.79 Å². The molecular weight excluding hydrogens is 160 g/mol. The first-order chi connectivity index (χ1) is 5.24. The topological polar surface area (TPSA) is 42.0 Å². The van der Waals surface area contributed by atoms with Crippen LogP contribution in [0.4, 0.5) is 0 Å². The zero-order valence-electron chi connectivity index (χ0n) is 6.92. The summed E-state index contributed by atoms with van der Waals surface area (Å²) in [4.78, 5) is 14.8. The van der Waals surface area contributed by atoms with Crippen LogP contribution in [0.1, 0.15) is 14.7 Å². The van der Waals surface area contributed by atoms with Gasteiger partial charge in [0.25, 0.3) is 0 Å². The van der Waals surface area contributed by atoms with Crippen molar-refractivity contribution in [1.29, 1.82) is 0 Å². The molecule has 4 heteroatoms. The van der Waals surface area contributed by atoms with E-state index in [9.17, 15) is 4.79 Å². The van der Waals surface area contributed by atoms with Crippen molar-refractivity contribution in [3.05, 3.63) is 16.1 Å². The predicted molar refractivity (Wildman–Crippen MR) is 47.2 cm³/mol. The molecule has 0 radical (unpaired) electrons. The highest BCUT2D eigenvalue weighted by Crippen LogP contribution is 2.07. The summed E-state index contributed by atoms with van der Waals surface area (Å²) >= 11 is 1.41. The molecule has 1 aromatic rings. The number of thiazole rings is 1. The maximum absolute atomic E-state index is 9.97. The molecule has 0 aliphatic carbocycles. The van der Waals surface area contributed by atoms with Crippen LogP contribution >= 0.6 is 11.3 Å². The van der Waals surface area contributed by atoms with E-state index < -0.39 is 0 Å². The number of aldehydes is 1.